The third kappa shape index (κ3) is 3.69. The van der Waals surface area contributed by atoms with Crippen molar-refractivity contribution in [3.63, 3.8) is 0 Å². The second-order valence-corrected chi connectivity index (χ2v) is 2.95. The van der Waals surface area contributed by atoms with E-state index in [9.17, 15) is 4.39 Å². The number of halogens is 1. The van der Waals surface area contributed by atoms with Crippen LogP contribution in [0.25, 0.3) is 6.08 Å². The SMILES string of the molecule is COc1ccc(F)cc1/C=C/CCON. The van der Waals surface area contributed by atoms with E-state index in [4.69, 9.17) is 10.6 Å². The lowest BCUT2D eigenvalue weighted by atomic mass is 10.1. The van der Waals surface area contributed by atoms with E-state index >= 15 is 0 Å². The zero-order chi connectivity index (χ0) is 11.1. The second-order valence-electron chi connectivity index (χ2n) is 2.95. The van der Waals surface area contributed by atoms with Gasteiger partial charge in [0.1, 0.15) is 11.6 Å². The predicted molar refractivity (Wildman–Crippen MR) is 56.7 cm³/mol. The van der Waals surface area contributed by atoms with Crippen LogP contribution < -0.4 is 10.6 Å². The van der Waals surface area contributed by atoms with Crippen LogP contribution in [-0.2, 0) is 4.84 Å². The monoisotopic (exact) mass is 211 g/mol. The summed E-state index contributed by atoms with van der Waals surface area (Å²) in [6.45, 7) is 0.439. The topological polar surface area (TPSA) is 44.5 Å². The van der Waals surface area contributed by atoms with Crippen molar-refractivity contribution in [2.45, 2.75) is 6.42 Å². The van der Waals surface area contributed by atoms with Crippen LogP contribution in [0.15, 0.2) is 24.3 Å². The molecular formula is C11H14FNO2. The number of hydrogen-bond acceptors (Lipinski definition) is 3. The molecule has 4 heteroatoms. The average Bonchev–Trinajstić information content (AvgIpc) is 2.25. The molecule has 0 bridgehead atoms. The van der Waals surface area contributed by atoms with Gasteiger partial charge in [0.2, 0.25) is 0 Å². The van der Waals surface area contributed by atoms with Gasteiger partial charge >= 0.3 is 0 Å². The van der Waals surface area contributed by atoms with Crippen LogP contribution >= 0.6 is 0 Å². The predicted octanol–water partition coefficient (Wildman–Crippen LogP) is 2.13. The fraction of sp³-hybridized carbons (Fsp3) is 0.273. The number of benzene rings is 1. The third-order valence-electron chi connectivity index (χ3n) is 1.89. The molecule has 0 spiro atoms. The Kier molecular flexibility index (Phi) is 4.80. The molecule has 0 aliphatic heterocycles. The quantitative estimate of drug-likeness (QED) is 0.599. The molecule has 2 N–H and O–H groups in total. The van der Waals surface area contributed by atoms with Crippen molar-refractivity contribution in [3.8, 4) is 5.75 Å². The van der Waals surface area contributed by atoms with Gasteiger partial charge in [-0.05, 0) is 24.6 Å². The zero-order valence-corrected chi connectivity index (χ0v) is 8.57. The van der Waals surface area contributed by atoms with Crippen LogP contribution in [0.2, 0.25) is 0 Å². The smallest absolute Gasteiger partial charge is 0.126 e. The van der Waals surface area contributed by atoms with Crippen molar-refractivity contribution < 1.29 is 14.0 Å². The van der Waals surface area contributed by atoms with Gasteiger partial charge in [-0.1, -0.05) is 12.2 Å². The summed E-state index contributed by atoms with van der Waals surface area (Å²) in [5.74, 6) is 5.22. The van der Waals surface area contributed by atoms with E-state index in [0.717, 1.165) is 0 Å². The van der Waals surface area contributed by atoms with Crippen molar-refractivity contribution in [2.75, 3.05) is 13.7 Å². The molecule has 0 unspecified atom stereocenters. The first-order valence-corrected chi connectivity index (χ1v) is 4.59. The van der Waals surface area contributed by atoms with Gasteiger partial charge in [-0.15, -0.1) is 0 Å². The molecule has 0 aliphatic carbocycles. The highest BCUT2D eigenvalue weighted by Crippen LogP contribution is 2.20. The summed E-state index contributed by atoms with van der Waals surface area (Å²) in [4.78, 5) is 4.40. The van der Waals surface area contributed by atoms with Crippen LogP contribution in [0.4, 0.5) is 4.39 Å². The molecule has 0 radical (unpaired) electrons. The van der Waals surface area contributed by atoms with Crippen molar-refractivity contribution in [1.29, 1.82) is 0 Å². The van der Waals surface area contributed by atoms with Crippen molar-refractivity contribution >= 4 is 6.08 Å². The van der Waals surface area contributed by atoms with Crippen molar-refractivity contribution in [3.05, 3.63) is 35.7 Å². The summed E-state index contributed by atoms with van der Waals surface area (Å²) in [7, 11) is 1.55. The van der Waals surface area contributed by atoms with Gasteiger partial charge < -0.3 is 9.57 Å². The second kappa shape index (κ2) is 6.16. The Balaban J connectivity index is 2.73. The van der Waals surface area contributed by atoms with Crippen molar-refractivity contribution in [1.82, 2.24) is 0 Å². The van der Waals surface area contributed by atoms with Crippen LogP contribution in [0.1, 0.15) is 12.0 Å². The van der Waals surface area contributed by atoms with Crippen molar-refractivity contribution in [2.24, 2.45) is 5.90 Å². The van der Waals surface area contributed by atoms with E-state index < -0.39 is 0 Å². The first-order chi connectivity index (χ1) is 7.27. The molecule has 1 rings (SSSR count). The van der Waals surface area contributed by atoms with Gasteiger partial charge in [0.05, 0.1) is 13.7 Å². The van der Waals surface area contributed by atoms with Gasteiger partial charge in [-0.25, -0.2) is 10.3 Å². The van der Waals surface area contributed by atoms with Gasteiger partial charge in [-0.3, -0.25) is 0 Å². The standard InChI is InChI=1S/C11H14FNO2/c1-14-11-6-5-10(12)8-9(11)4-2-3-7-15-13/h2,4-6,8H,3,7,13H2,1H3/b4-2+. The Bertz CT molecular complexity index is 339. The fourth-order valence-electron chi connectivity index (χ4n) is 1.18. The molecule has 0 fully saturated rings. The summed E-state index contributed by atoms with van der Waals surface area (Å²) in [6.07, 6.45) is 4.31. The fourth-order valence-corrected chi connectivity index (χ4v) is 1.18. The Morgan fingerprint density at radius 2 is 2.27 bits per heavy atom. The molecule has 1 aromatic carbocycles. The number of hydrogen-bond donors (Lipinski definition) is 1. The molecule has 0 heterocycles. The molecule has 15 heavy (non-hydrogen) atoms. The van der Waals surface area contributed by atoms with E-state index in [0.29, 0.717) is 24.3 Å². The van der Waals surface area contributed by atoms with E-state index in [1.807, 2.05) is 6.08 Å². The third-order valence-corrected chi connectivity index (χ3v) is 1.89. The van der Waals surface area contributed by atoms with Gasteiger partial charge in [0.25, 0.3) is 0 Å². The van der Waals surface area contributed by atoms with E-state index in [-0.39, 0.29) is 5.82 Å². The lowest BCUT2D eigenvalue weighted by molar-refractivity contribution is 0.143. The Labute approximate surface area is 88.3 Å². The highest BCUT2D eigenvalue weighted by Gasteiger charge is 2.00. The minimum atomic E-state index is -0.287. The number of nitrogens with two attached hydrogens (primary N) is 1. The lowest BCUT2D eigenvalue weighted by Gasteiger charge is -2.04. The summed E-state index contributed by atoms with van der Waals surface area (Å²) < 4.78 is 18.0. The maximum absolute atomic E-state index is 12.9. The molecule has 0 aliphatic rings. The van der Waals surface area contributed by atoms with E-state index in [1.54, 1.807) is 19.3 Å². The Hall–Kier alpha value is -1.39. The van der Waals surface area contributed by atoms with Crippen LogP contribution in [0.3, 0.4) is 0 Å². The average molecular weight is 211 g/mol. The van der Waals surface area contributed by atoms with E-state index in [1.165, 1.54) is 12.1 Å². The normalized spacial score (nSPS) is 10.9. The molecule has 0 amide bonds. The van der Waals surface area contributed by atoms with Crippen LogP contribution in [-0.4, -0.2) is 13.7 Å². The highest BCUT2D eigenvalue weighted by atomic mass is 19.1. The zero-order valence-electron chi connectivity index (χ0n) is 8.57. The van der Waals surface area contributed by atoms with Gasteiger partial charge in [0, 0.05) is 5.56 Å². The first-order valence-electron chi connectivity index (χ1n) is 4.59. The number of ether oxygens (including phenoxy) is 1. The van der Waals surface area contributed by atoms with Crippen LogP contribution in [0.5, 0.6) is 5.75 Å². The van der Waals surface area contributed by atoms with Crippen LogP contribution in [0, 0.1) is 5.82 Å². The molecule has 1 aromatic rings. The molecule has 0 saturated heterocycles. The largest absolute Gasteiger partial charge is 0.496 e. The summed E-state index contributed by atoms with van der Waals surface area (Å²) in [5.41, 5.74) is 0.703. The summed E-state index contributed by atoms with van der Waals surface area (Å²) in [5, 5.41) is 0. The van der Waals surface area contributed by atoms with Gasteiger partial charge in [-0.2, -0.15) is 0 Å². The molecule has 3 nitrogen and oxygen atoms in total. The highest BCUT2D eigenvalue weighted by molar-refractivity contribution is 5.57. The molecule has 0 atom stereocenters. The number of methoxy groups -OCH3 is 1. The minimum absolute atomic E-state index is 0.287. The maximum Gasteiger partial charge on any atom is 0.126 e. The molecule has 0 aromatic heterocycles. The lowest BCUT2D eigenvalue weighted by Crippen LogP contribution is -1.98. The molecule has 82 valence electrons. The molecular weight excluding hydrogens is 197 g/mol. The summed E-state index contributed by atoms with van der Waals surface area (Å²) in [6, 6.07) is 4.37. The minimum Gasteiger partial charge on any atom is -0.496 e. The maximum atomic E-state index is 12.9. The van der Waals surface area contributed by atoms with Gasteiger partial charge in [0.15, 0.2) is 0 Å². The number of rotatable bonds is 5. The Morgan fingerprint density at radius 3 is 2.93 bits per heavy atom. The van der Waals surface area contributed by atoms with E-state index in [2.05, 4.69) is 4.84 Å². The Morgan fingerprint density at radius 1 is 1.47 bits per heavy atom. The first kappa shape index (κ1) is 11.7. The molecule has 0 saturated carbocycles. The summed E-state index contributed by atoms with van der Waals surface area (Å²) >= 11 is 0.